The van der Waals surface area contributed by atoms with E-state index in [1.165, 1.54) is 13.3 Å². The molecule has 19 heavy (non-hydrogen) atoms. The van der Waals surface area contributed by atoms with Gasteiger partial charge in [-0.25, -0.2) is 13.2 Å². The molecule has 0 saturated heterocycles. The lowest BCUT2D eigenvalue weighted by Gasteiger charge is -2.16. The van der Waals surface area contributed by atoms with Crippen LogP contribution in [-0.2, 0) is 0 Å². The van der Waals surface area contributed by atoms with Crippen LogP contribution in [0.4, 0.5) is 13.2 Å². The molecule has 0 aliphatic heterocycles. The molecule has 2 N–H and O–H groups in total. The molecule has 1 heterocycles. The van der Waals surface area contributed by atoms with E-state index in [4.69, 9.17) is 10.5 Å². The number of hydrogen-bond donors (Lipinski definition) is 1. The molecule has 6 heteroatoms. The number of halogens is 3. The fourth-order valence-corrected chi connectivity index (χ4v) is 1.80. The number of benzene rings is 1. The number of ether oxygens (including phenoxy) is 1. The van der Waals surface area contributed by atoms with Crippen molar-refractivity contribution < 1.29 is 17.9 Å². The van der Waals surface area contributed by atoms with Gasteiger partial charge in [0.1, 0.15) is 28.9 Å². The van der Waals surface area contributed by atoms with Crippen molar-refractivity contribution in [3.8, 4) is 5.75 Å². The Bertz CT molecular complexity index is 581. The first-order valence-corrected chi connectivity index (χ1v) is 5.43. The van der Waals surface area contributed by atoms with Gasteiger partial charge in [0.2, 0.25) is 0 Å². The van der Waals surface area contributed by atoms with E-state index in [0.717, 1.165) is 0 Å². The Hall–Kier alpha value is -2.08. The van der Waals surface area contributed by atoms with Crippen LogP contribution in [0.25, 0.3) is 0 Å². The topological polar surface area (TPSA) is 48.1 Å². The summed E-state index contributed by atoms with van der Waals surface area (Å²) in [5, 5.41) is 0. The number of methoxy groups -OCH3 is 1. The second-order valence-electron chi connectivity index (χ2n) is 3.85. The first kappa shape index (κ1) is 13.4. The molecule has 0 spiro atoms. The van der Waals surface area contributed by atoms with E-state index < -0.39 is 29.1 Å². The number of nitrogens with two attached hydrogens (primary N) is 1. The molecule has 0 bridgehead atoms. The molecule has 0 amide bonds. The van der Waals surface area contributed by atoms with Crippen molar-refractivity contribution in [2.75, 3.05) is 7.11 Å². The summed E-state index contributed by atoms with van der Waals surface area (Å²) in [5.74, 6) is -2.81. The van der Waals surface area contributed by atoms with Gasteiger partial charge in [-0.2, -0.15) is 0 Å². The van der Waals surface area contributed by atoms with Crippen molar-refractivity contribution in [1.82, 2.24) is 4.98 Å². The molecule has 0 aliphatic carbocycles. The van der Waals surface area contributed by atoms with Gasteiger partial charge in [0, 0.05) is 23.9 Å². The normalized spacial score (nSPS) is 12.3. The average molecular weight is 268 g/mol. The number of aromatic nitrogens is 1. The maximum atomic E-state index is 13.7. The molecule has 1 aromatic heterocycles. The minimum atomic E-state index is -1.18. The third-order valence-electron chi connectivity index (χ3n) is 2.67. The third kappa shape index (κ3) is 2.53. The lowest BCUT2D eigenvalue weighted by atomic mass is 10.0. The molecule has 0 saturated carbocycles. The molecular weight excluding hydrogens is 257 g/mol. The predicted molar refractivity (Wildman–Crippen MR) is 63.1 cm³/mol. The smallest absolute Gasteiger partial charge is 0.142 e. The number of pyridine rings is 1. The summed E-state index contributed by atoms with van der Waals surface area (Å²) in [6.07, 6.45) is 1.43. The van der Waals surface area contributed by atoms with E-state index in [9.17, 15) is 13.2 Å². The van der Waals surface area contributed by atoms with Crippen molar-refractivity contribution in [2.24, 2.45) is 5.73 Å². The van der Waals surface area contributed by atoms with Crippen LogP contribution in [0.5, 0.6) is 5.75 Å². The van der Waals surface area contributed by atoms with Crippen molar-refractivity contribution >= 4 is 0 Å². The van der Waals surface area contributed by atoms with Gasteiger partial charge in [0.05, 0.1) is 13.2 Å². The summed E-state index contributed by atoms with van der Waals surface area (Å²) in [7, 11) is 1.39. The zero-order chi connectivity index (χ0) is 14.0. The highest BCUT2D eigenvalue weighted by Crippen LogP contribution is 2.29. The van der Waals surface area contributed by atoms with E-state index in [-0.39, 0.29) is 5.69 Å². The van der Waals surface area contributed by atoms with Gasteiger partial charge in [0.15, 0.2) is 0 Å². The SMILES string of the molecule is COc1cccnc1C(N)c1c(F)cc(F)cc1F. The van der Waals surface area contributed by atoms with Crippen LogP contribution in [0.2, 0.25) is 0 Å². The number of rotatable bonds is 3. The van der Waals surface area contributed by atoms with Gasteiger partial charge in [-0.15, -0.1) is 0 Å². The quantitative estimate of drug-likeness (QED) is 0.930. The largest absolute Gasteiger partial charge is 0.495 e. The minimum Gasteiger partial charge on any atom is -0.495 e. The van der Waals surface area contributed by atoms with Crippen molar-refractivity contribution in [3.05, 3.63) is 59.2 Å². The molecule has 0 radical (unpaired) electrons. The van der Waals surface area contributed by atoms with Crippen molar-refractivity contribution in [2.45, 2.75) is 6.04 Å². The lowest BCUT2D eigenvalue weighted by molar-refractivity contribution is 0.403. The van der Waals surface area contributed by atoms with Crippen LogP contribution in [0, 0.1) is 17.5 Å². The van der Waals surface area contributed by atoms with E-state index in [0.29, 0.717) is 17.9 Å². The van der Waals surface area contributed by atoms with Gasteiger partial charge < -0.3 is 10.5 Å². The highest BCUT2D eigenvalue weighted by atomic mass is 19.1. The summed E-state index contributed by atoms with van der Waals surface area (Å²) in [6, 6.07) is 3.15. The maximum absolute atomic E-state index is 13.7. The second-order valence-corrected chi connectivity index (χ2v) is 3.85. The van der Waals surface area contributed by atoms with E-state index in [1.54, 1.807) is 12.1 Å². The average Bonchev–Trinajstić information content (AvgIpc) is 2.37. The molecule has 0 fully saturated rings. The van der Waals surface area contributed by atoms with Crippen LogP contribution >= 0.6 is 0 Å². The van der Waals surface area contributed by atoms with Crippen LogP contribution in [0.1, 0.15) is 17.3 Å². The van der Waals surface area contributed by atoms with Crippen LogP contribution in [-0.4, -0.2) is 12.1 Å². The van der Waals surface area contributed by atoms with Gasteiger partial charge in [-0.3, -0.25) is 4.98 Å². The molecule has 1 unspecified atom stereocenters. The Kier molecular flexibility index (Phi) is 3.71. The predicted octanol–water partition coefficient (Wildman–Crippen LogP) is 2.56. The van der Waals surface area contributed by atoms with Crippen LogP contribution in [0.15, 0.2) is 30.5 Å². The molecule has 1 aromatic carbocycles. The molecule has 100 valence electrons. The van der Waals surface area contributed by atoms with E-state index >= 15 is 0 Å². The Balaban J connectivity index is 2.53. The van der Waals surface area contributed by atoms with E-state index in [1.807, 2.05) is 0 Å². The first-order chi connectivity index (χ1) is 9.04. The van der Waals surface area contributed by atoms with Gasteiger partial charge in [0.25, 0.3) is 0 Å². The molecule has 0 aliphatic rings. The highest BCUT2D eigenvalue weighted by Gasteiger charge is 2.23. The zero-order valence-electron chi connectivity index (χ0n) is 10.0. The fourth-order valence-electron chi connectivity index (χ4n) is 1.80. The number of nitrogens with zero attached hydrogens (tertiary/aromatic N) is 1. The van der Waals surface area contributed by atoms with Gasteiger partial charge >= 0.3 is 0 Å². The minimum absolute atomic E-state index is 0.175. The van der Waals surface area contributed by atoms with E-state index in [2.05, 4.69) is 4.98 Å². The third-order valence-corrected chi connectivity index (χ3v) is 2.67. The fraction of sp³-hybridized carbons (Fsp3) is 0.154. The number of hydrogen-bond acceptors (Lipinski definition) is 3. The van der Waals surface area contributed by atoms with Gasteiger partial charge in [-0.1, -0.05) is 0 Å². The highest BCUT2D eigenvalue weighted by molar-refractivity contribution is 5.37. The summed E-state index contributed by atoms with van der Waals surface area (Å²) in [4.78, 5) is 3.95. The van der Waals surface area contributed by atoms with Crippen molar-refractivity contribution in [3.63, 3.8) is 0 Å². The van der Waals surface area contributed by atoms with Gasteiger partial charge in [-0.05, 0) is 12.1 Å². The standard InChI is InChI=1S/C13H11F3N2O/c1-19-10-3-2-4-18-13(10)12(17)11-8(15)5-7(14)6-9(11)16/h2-6,12H,17H2,1H3. The Morgan fingerprint density at radius 1 is 1.21 bits per heavy atom. The monoisotopic (exact) mass is 268 g/mol. The lowest BCUT2D eigenvalue weighted by Crippen LogP contribution is -2.18. The Morgan fingerprint density at radius 3 is 2.42 bits per heavy atom. The summed E-state index contributed by atoms with van der Waals surface area (Å²) >= 11 is 0. The maximum Gasteiger partial charge on any atom is 0.142 e. The molecular formula is C13H11F3N2O. The molecule has 3 nitrogen and oxygen atoms in total. The molecule has 2 aromatic rings. The first-order valence-electron chi connectivity index (χ1n) is 5.43. The second kappa shape index (κ2) is 5.27. The van der Waals surface area contributed by atoms with Crippen LogP contribution < -0.4 is 10.5 Å². The Labute approximate surface area is 107 Å². The van der Waals surface area contributed by atoms with Crippen molar-refractivity contribution in [1.29, 1.82) is 0 Å². The zero-order valence-corrected chi connectivity index (χ0v) is 10.0. The summed E-state index contributed by atoms with van der Waals surface area (Å²) < 4.78 is 45.2. The molecule has 2 rings (SSSR count). The molecule has 1 atom stereocenters. The van der Waals surface area contributed by atoms with Crippen LogP contribution in [0.3, 0.4) is 0 Å². The summed E-state index contributed by atoms with van der Waals surface area (Å²) in [6.45, 7) is 0. The summed E-state index contributed by atoms with van der Waals surface area (Å²) in [5.41, 5.74) is 5.53. The Morgan fingerprint density at radius 2 is 1.84 bits per heavy atom.